The Balaban J connectivity index is 2.16. The van der Waals surface area contributed by atoms with Gasteiger partial charge >= 0.3 is 6.18 Å². The number of rotatable bonds is 4. The second kappa shape index (κ2) is 6.07. The third-order valence-electron chi connectivity index (χ3n) is 3.12. The first kappa shape index (κ1) is 14.6. The molecule has 1 unspecified atom stereocenters. The number of halogens is 3. The van der Waals surface area contributed by atoms with Crippen LogP contribution in [0.3, 0.4) is 0 Å². The summed E-state index contributed by atoms with van der Waals surface area (Å²) < 4.78 is 37.5. The zero-order valence-electron chi connectivity index (χ0n) is 10.7. The number of hydrogen-bond acceptors (Lipinski definition) is 2. The lowest BCUT2D eigenvalue weighted by Gasteiger charge is -2.17. The summed E-state index contributed by atoms with van der Waals surface area (Å²) >= 11 is 0. The highest BCUT2D eigenvalue weighted by Gasteiger charge is 2.30. The van der Waals surface area contributed by atoms with Crippen molar-refractivity contribution in [2.24, 2.45) is 5.84 Å². The number of hydrazine groups is 1. The Hall–Kier alpha value is -1.85. The highest BCUT2D eigenvalue weighted by atomic mass is 19.4. The van der Waals surface area contributed by atoms with Gasteiger partial charge in [-0.15, -0.1) is 0 Å². The summed E-state index contributed by atoms with van der Waals surface area (Å²) in [4.78, 5) is 0. The average molecular weight is 280 g/mol. The van der Waals surface area contributed by atoms with Gasteiger partial charge in [-0.05, 0) is 29.7 Å². The van der Waals surface area contributed by atoms with Crippen molar-refractivity contribution in [2.45, 2.75) is 18.6 Å². The summed E-state index contributed by atoms with van der Waals surface area (Å²) in [5.74, 6) is 5.50. The number of alkyl halides is 3. The largest absolute Gasteiger partial charge is 0.416 e. The van der Waals surface area contributed by atoms with Gasteiger partial charge in [-0.25, -0.2) is 0 Å². The molecule has 2 aromatic rings. The normalized spacial score (nSPS) is 13.2. The fraction of sp³-hybridized carbons (Fsp3) is 0.200. The van der Waals surface area contributed by atoms with Crippen molar-refractivity contribution in [1.29, 1.82) is 0 Å². The van der Waals surface area contributed by atoms with Gasteiger partial charge in [0.25, 0.3) is 0 Å². The molecule has 3 N–H and O–H groups in total. The minimum Gasteiger partial charge on any atom is -0.271 e. The van der Waals surface area contributed by atoms with E-state index in [1.165, 1.54) is 12.1 Å². The molecular weight excluding hydrogens is 265 g/mol. The van der Waals surface area contributed by atoms with Crippen LogP contribution in [0, 0.1) is 0 Å². The molecule has 0 aliphatic carbocycles. The maximum Gasteiger partial charge on any atom is 0.416 e. The average Bonchev–Trinajstić information content (AvgIpc) is 2.45. The molecule has 5 heteroatoms. The summed E-state index contributed by atoms with van der Waals surface area (Å²) in [6.45, 7) is 0. The molecule has 0 aliphatic heterocycles. The topological polar surface area (TPSA) is 38.0 Å². The molecule has 0 saturated heterocycles. The zero-order chi connectivity index (χ0) is 14.6. The first-order valence-electron chi connectivity index (χ1n) is 6.18. The molecule has 0 aliphatic rings. The van der Waals surface area contributed by atoms with Crippen molar-refractivity contribution in [3.05, 3.63) is 71.3 Å². The summed E-state index contributed by atoms with van der Waals surface area (Å²) in [7, 11) is 0. The van der Waals surface area contributed by atoms with Gasteiger partial charge in [-0.2, -0.15) is 13.2 Å². The van der Waals surface area contributed by atoms with Gasteiger partial charge in [0.15, 0.2) is 0 Å². The Labute approximate surface area is 115 Å². The number of hydrogen-bond donors (Lipinski definition) is 2. The van der Waals surface area contributed by atoms with Gasteiger partial charge in [0, 0.05) is 6.04 Å². The van der Waals surface area contributed by atoms with Crippen molar-refractivity contribution in [1.82, 2.24) is 5.43 Å². The molecule has 0 bridgehead atoms. The highest BCUT2D eigenvalue weighted by Crippen LogP contribution is 2.30. The van der Waals surface area contributed by atoms with Crippen molar-refractivity contribution in [3.8, 4) is 0 Å². The van der Waals surface area contributed by atoms with E-state index < -0.39 is 11.7 Å². The molecule has 0 amide bonds. The zero-order valence-corrected chi connectivity index (χ0v) is 10.7. The Kier molecular flexibility index (Phi) is 4.42. The van der Waals surface area contributed by atoms with Gasteiger partial charge in [0.2, 0.25) is 0 Å². The second-order valence-corrected chi connectivity index (χ2v) is 4.53. The standard InChI is InChI=1S/C15H15F3N2/c16-15(17,18)13-8-6-12(7-9-13)14(20-19)10-11-4-2-1-3-5-11/h1-9,14,20H,10,19H2. The maximum atomic E-state index is 12.5. The molecule has 2 rings (SSSR count). The first-order valence-corrected chi connectivity index (χ1v) is 6.18. The van der Waals surface area contributed by atoms with Crippen LogP contribution in [0.15, 0.2) is 54.6 Å². The smallest absolute Gasteiger partial charge is 0.271 e. The van der Waals surface area contributed by atoms with Gasteiger partial charge in [-0.3, -0.25) is 11.3 Å². The Bertz CT molecular complexity index is 535. The number of benzene rings is 2. The van der Waals surface area contributed by atoms with Crippen LogP contribution >= 0.6 is 0 Å². The molecule has 0 radical (unpaired) electrons. The fourth-order valence-corrected chi connectivity index (χ4v) is 2.03. The van der Waals surface area contributed by atoms with Crippen LogP contribution in [0.2, 0.25) is 0 Å². The molecule has 0 saturated carbocycles. The van der Waals surface area contributed by atoms with Crippen molar-refractivity contribution in [2.75, 3.05) is 0 Å². The van der Waals surface area contributed by atoms with E-state index in [1.54, 1.807) is 0 Å². The van der Waals surface area contributed by atoms with Crippen LogP contribution in [-0.2, 0) is 12.6 Å². The maximum absolute atomic E-state index is 12.5. The van der Waals surface area contributed by atoms with E-state index in [9.17, 15) is 13.2 Å². The van der Waals surface area contributed by atoms with Crippen LogP contribution in [-0.4, -0.2) is 0 Å². The Morgan fingerprint density at radius 2 is 1.55 bits per heavy atom. The van der Waals surface area contributed by atoms with Crippen LogP contribution < -0.4 is 11.3 Å². The minimum absolute atomic E-state index is 0.223. The second-order valence-electron chi connectivity index (χ2n) is 4.53. The van der Waals surface area contributed by atoms with E-state index in [1.807, 2.05) is 30.3 Å². The Morgan fingerprint density at radius 1 is 0.950 bits per heavy atom. The molecule has 0 spiro atoms. The van der Waals surface area contributed by atoms with E-state index in [2.05, 4.69) is 5.43 Å². The summed E-state index contributed by atoms with van der Waals surface area (Å²) in [5, 5.41) is 0. The van der Waals surface area contributed by atoms with Crippen molar-refractivity contribution in [3.63, 3.8) is 0 Å². The lowest BCUT2D eigenvalue weighted by atomic mass is 9.98. The first-order chi connectivity index (χ1) is 9.50. The Morgan fingerprint density at radius 3 is 2.05 bits per heavy atom. The summed E-state index contributed by atoms with van der Waals surface area (Å²) in [6.07, 6.45) is -3.70. The highest BCUT2D eigenvalue weighted by molar-refractivity contribution is 5.28. The van der Waals surface area contributed by atoms with Gasteiger partial charge in [0.1, 0.15) is 0 Å². The molecule has 1 atom stereocenters. The van der Waals surface area contributed by atoms with Crippen LogP contribution in [0.1, 0.15) is 22.7 Å². The predicted octanol–water partition coefficient (Wildman–Crippen LogP) is 3.45. The lowest BCUT2D eigenvalue weighted by Crippen LogP contribution is -2.29. The quantitative estimate of drug-likeness (QED) is 0.665. The van der Waals surface area contributed by atoms with E-state index in [0.29, 0.717) is 6.42 Å². The SMILES string of the molecule is NNC(Cc1ccccc1)c1ccc(C(F)(F)F)cc1. The van der Waals surface area contributed by atoms with Gasteiger partial charge in [0.05, 0.1) is 5.56 Å². The molecule has 2 aromatic carbocycles. The van der Waals surface area contributed by atoms with Gasteiger partial charge < -0.3 is 0 Å². The van der Waals surface area contributed by atoms with E-state index >= 15 is 0 Å². The molecular formula is C15H15F3N2. The lowest BCUT2D eigenvalue weighted by molar-refractivity contribution is -0.137. The summed E-state index contributed by atoms with van der Waals surface area (Å²) in [6, 6.07) is 14.5. The monoisotopic (exact) mass is 280 g/mol. The number of nitrogens with one attached hydrogen (secondary N) is 1. The van der Waals surface area contributed by atoms with Crippen LogP contribution in [0.4, 0.5) is 13.2 Å². The van der Waals surface area contributed by atoms with Crippen LogP contribution in [0.25, 0.3) is 0 Å². The summed E-state index contributed by atoms with van der Waals surface area (Å²) in [5.41, 5.74) is 3.78. The molecule has 106 valence electrons. The molecule has 2 nitrogen and oxygen atoms in total. The third kappa shape index (κ3) is 3.59. The van der Waals surface area contributed by atoms with Crippen LogP contribution in [0.5, 0.6) is 0 Å². The molecule has 0 heterocycles. The third-order valence-corrected chi connectivity index (χ3v) is 3.12. The predicted molar refractivity (Wildman–Crippen MR) is 71.7 cm³/mol. The van der Waals surface area contributed by atoms with E-state index in [-0.39, 0.29) is 6.04 Å². The van der Waals surface area contributed by atoms with Gasteiger partial charge in [-0.1, -0.05) is 42.5 Å². The number of nitrogens with two attached hydrogens (primary N) is 1. The molecule has 0 fully saturated rings. The molecule has 0 aromatic heterocycles. The van der Waals surface area contributed by atoms with E-state index in [0.717, 1.165) is 23.3 Å². The van der Waals surface area contributed by atoms with Crippen molar-refractivity contribution < 1.29 is 13.2 Å². The minimum atomic E-state index is -4.32. The molecule has 20 heavy (non-hydrogen) atoms. The van der Waals surface area contributed by atoms with Crippen molar-refractivity contribution >= 4 is 0 Å². The fourth-order valence-electron chi connectivity index (χ4n) is 2.03. The van der Waals surface area contributed by atoms with E-state index in [4.69, 9.17) is 5.84 Å².